The van der Waals surface area contributed by atoms with Crippen LogP contribution in [0.25, 0.3) is 0 Å². The van der Waals surface area contributed by atoms with Gasteiger partial charge in [0.05, 0.1) is 6.61 Å². The topological polar surface area (TPSA) is 102 Å². The second-order valence-corrected chi connectivity index (χ2v) is 4.10. The number of para-hydroxylation sites is 1. The predicted molar refractivity (Wildman–Crippen MR) is 65.0 cm³/mol. The highest BCUT2D eigenvalue weighted by Crippen LogP contribution is 2.29. The Balaban J connectivity index is 2.42. The number of hydrogen-bond acceptors (Lipinski definition) is 5. The number of benzene rings is 1. The van der Waals surface area contributed by atoms with E-state index in [1.165, 1.54) is 18.2 Å². The highest BCUT2D eigenvalue weighted by atomic mass is 19.1. The van der Waals surface area contributed by atoms with Gasteiger partial charge in [0.25, 0.3) is 0 Å². The monoisotopic (exact) mass is 269 g/mol. The number of fused-ring (bicyclic) bond motifs is 1. The van der Waals surface area contributed by atoms with Gasteiger partial charge in [-0.3, -0.25) is 4.79 Å². The van der Waals surface area contributed by atoms with E-state index in [0.717, 1.165) is 0 Å². The summed E-state index contributed by atoms with van der Waals surface area (Å²) in [5, 5.41) is 18.5. The molecule has 1 aliphatic rings. The average Bonchev–Trinajstić information content (AvgIpc) is 2.59. The minimum Gasteiger partial charge on any atom is -0.491 e. The number of nitrogens with two attached hydrogens (primary N) is 1. The quantitative estimate of drug-likeness (QED) is 0.621. The van der Waals surface area contributed by atoms with Gasteiger partial charge in [0.15, 0.2) is 6.17 Å². The zero-order chi connectivity index (χ0) is 14.0. The molecule has 8 heteroatoms. The predicted octanol–water partition coefficient (Wildman–Crippen LogP) is -0.794. The third-order valence-electron chi connectivity index (χ3n) is 2.85. The van der Waals surface area contributed by atoms with Crippen LogP contribution in [0.2, 0.25) is 0 Å². The lowest BCUT2D eigenvalue weighted by atomic mass is 9.77. The van der Waals surface area contributed by atoms with E-state index in [2.05, 4.69) is 0 Å². The minimum absolute atomic E-state index is 0.00282. The average molecular weight is 269 g/mol. The van der Waals surface area contributed by atoms with Crippen molar-refractivity contribution in [2.45, 2.75) is 12.2 Å². The molecule has 102 valence electrons. The van der Waals surface area contributed by atoms with E-state index >= 15 is 0 Å². The normalized spacial score (nSPS) is 17.9. The largest absolute Gasteiger partial charge is 0.495 e. The van der Waals surface area contributed by atoms with Crippen molar-refractivity contribution in [2.75, 3.05) is 13.2 Å². The smallest absolute Gasteiger partial charge is 0.491 e. The summed E-state index contributed by atoms with van der Waals surface area (Å²) in [7, 11) is -1.23. The standard InChI is InChI=1S/C11H13BFNO5/c13-8(9(14)11(15)16)6-2-1-3-7-10(6)18-4-5-19-12(7)17/h1-3,8-9,17H,4-5,14H2,(H,15,16)/t8-,9+/m1/s1. The molecule has 2 rings (SSSR count). The van der Waals surface area contributed by atoms with Crippen LogP contribution in [0.3, 0.4) is 0 Å². The minimum atomic E-state index is -1.93. The van der Waals surface area contributed by atoms with Crippen LogP contribution < -0.4 is 15.9 Å². The van der Waals surface area contributed by atoms with Crippen LogP contribution in [0.1, 0.15) is 11.7 Å². The van der Waals surface area contributed by atoms with Crippen LogP contribution in [0.15, 0.2) is 18.2 Å². The Morgan fingerprint density at radius 3 is 2.89 bits per heavy atom. The Labute approximate surface area is 109 Å². The molecule has 4 N–H and O–H groups in total. The van der Waals surface area contributed by atoms with E-state index in [1.807, 2.05) is 0 Å². The first-order chi connectivity index (χ1) is 9.02. The molecule has 19 heavy (non-hydrogen) atoms. The maximum absolute atomic E-state index is 14.1. The fourth-order valence-corrected chi connectivity index (χ4v) is 1.86. The van der Waals surface area contributed by atoms with Gasteiger partial charge in [0.2, 0.25) is 0 Å². The van der Waals surface area contributed by atoms with Gasteiger partial charge in [-0.15, -0.1) is 0 Å². The van der Waals surface area contributed by atoms with Gasteiger partial charge in [0, 0.05) is 11.0 Å². The maximum atomic E-state index is 14.1. The Morgan fingerprint density at radius 1 is 1.47 bits per heavy atom. The molecule has 0 saturated carbocycles. The van der Waals surface area contributed by atoms with Crippen molar-refractivity contribution in [3.8, 4) is 5.75 Å². The van der Waals surface area contributed by atoms with Crippen LogP contribution in [-0.2, 0) is 9.45 Å². The van der Waals surface area contributed by atoms with Gasteiger partial charge in [0.1, 0.15) is 18.4 Å². The molecule has 0 radical (unpaired) electrons. The molecule has 1 aliphatic heterocycles. The molecule has 1 heterocycles. The van der Waals surface area contributed by atoms with Gasteiger partial charge in [-0.1, -0.05) is 18.2 Å². The van der Waals surface area contributed by atoms with Crippen LogP contribution in [0.4, 0.5) is 4.39 Å². The fraction of sp³-hybridized carbons (Fsp3) is 0.364. The lowest BCUT2D eigenvalue weighted by molar-refractivity contribution is -0.140. The molecular weight excluding hydrogens is 256 g/mol. The molecule has 0 spiro atoms. The fourth-order valence-electron chi connectivity index (χ4n) is 1.86. The first-order valence-electron chi connectivity index (χ1n) is 5.70. The highest BCUT2D eigenvalue weighted by Gasteiger charge is 2.33. The summed E-state index contributed by atoms with van der Waals surface area (Å²) in [4.78, 5) is 10.7. The summed E-state index contributed by atoms with van der Waals surface area (Å²) in [6.07, 6.45) is -1.93. The van der Waals surface area contributed by atoms with Gasteiger partial charge >= 0.3 is 13.1 Å². The summed E-state index contributed by atoms with van der Waals surface area (Å²) in [6.45, 7) is 0.285. The number of hydrogen-bond donors (Lipinski definition) is 3. The second-order valence-electron chi connectivity index (χ2n) is 4.10. The maximum Gasteiger partial charge on any atom is 0.495 e. The number of ether oxygens (including phenoxy) is 1. The Morgan fingerprint density at radius 2 is 2.21 bits per heavy atom. The van der Waals surface area contributed by atoms with Crippen LogP contribution >= 0.6 is 0 Å². The van der Waals surface area contributed by atoms with Crippen LogP contribution in [-0.4, -0.2) is 42.5 Å². The van der Waals surface area contributed by atoms with E-state index in [-0.39, 0.29) is 30.0 Å². The Hall–Kier alpha value is -1.64. The molecule has 0 amide bonds. The summed E-state index contributed by atoms with van der Waals surface area (Å²) in [5.74, 6) is -1.35. The molecule has 1 aromatic rings. The lowest BCUT2D eigenvalue weighted by Crippen LogP contribution is -2.37. The number of halogens is 1. The summed E-state index contributed by atoms with van der Waals surface area (Å²) >= 11 is 0. The zero-order valence-electron chi connectivity index (χ0n) is 9.95. The molecule has 1 aromatic carbocycles. The van der Waals surface area contributed by atoms with Crippen molar-refractivity contribution < 1.29 is 28.7 Å². The molecule has 6 nitrogen and oxygen atoms in total. The first-order valence-corrected chi connectivity index (χ1v) is 5.70. The zero-order valence-corrected chi connectivity index (χ0v) is 9.95. The molecule has 0 bridgehead atoms. The number of carboxylic acids is 1. The number of aliphatic carboxylic acids is 1. The molecule has 0 saturated heterocycles. The molecule has 0 aliphatic carbocycles. The third kappa shape index (κ3) is 2.70. The summed E-state index contributed by atoms with van der Waals surface area (Å²) in [6, 6.07) is 2.69. The van der Waals surface area contributed by atoms with E-state index < -0.39 is 25.3 Å². The van der Waals surface area contributed by atoms with E-state index in [4.69, 9.17) is 20.2 Å². The van der Waals surface area contributed by atoms with Crippen molar-refractivity contribution in [1.82, 2.24) is 0 Å². The lowest BCUT2D eigenvalue weighted by Gasteiger charge is -2.18. The van der Waals surface area contributed by atoms with Gasteiger partial charge in [-0.25, -0.2) is 4.39 Å². The second kappa shape index (κ2) is 5.56. The van der Waals surface area contributed by atoms with Gasteiger partial charge < -0.3 is 25.3 Å². The number of carboxylic acid groups (broad SMARTS) is 1. The van der Waals surface area contributed by atoms with E-state index in [9.17, 15) is 14.2 Å². The summed E-state index contributed by atoms with van der Waals surface area (Å²) < 4.78 is 24.5. The molecule has 2 atom stereocenters. The van der Waals surface area contributed by atoms with Crippen molar-refractivity contribution >= 4 is 18.6 Å². The number of carbonyl (C=O) groups is 1. The first kappa shape index (κ1) is 13.8. The van der Waals surface area contributed by atoms with Crippen molar-refractivity contribution in [3.05, 3.63) is 23.8 Å². The van der Waals surface area contributed by atoms with Crippen molar-refractivity contribution in [3.63, 3.8) is 0 Å². The van der Waals surface area contributed by atoms with E-state index in [0.29, 0.717) is 0 Å². The van der Waals surface area contributed by atoms with Crippen LogP contribution in [0, 0.1) is 0 Å². The summed E-state index contributed by atoms with van der Waals surface area (Å²) in [5.41, 5.74) is 5.53. The highest BCUT2D eigenvalue weighted by molar-refractivity contribution is 6.61. The third-order valence-corrected chi connectivity index (χ3v) is 2.85. The van der Waals surface area contributed by atoms with Crippen LogP contribution in [0.5, 0.6) is 5.75 Å². The number of rotatable bonds is 3. The Bertz CT molecular complexity index is 486. The number of alkyl halides is 1. The van der Waals surface area contributed by atoms with Crippen molar-refractivity contribution in [2.24, 2.45) is 5.73 Å². The van der Waals surface area contributed by atoms with Gasteiger partial charge in [-0.2, -0.15) is 0 Å². The van der Waals surface area contributed by atoms with E-state index in [1.54, 1.807) is 0 Å². The molecular formula is C11H13BFNO5. The molecule has 0 unspecified atom stereocenters. The Kier molecular flexibility index (Phi) is 4.03. The van der Waals surface area contributed by atoms with Crippen molar-refractivity contribution in [1.29, 1.82) is 0 Å². The molecule has 0 fully saturated rings. The molecule has 0 aromatic heterocycles. The SMILES string of the molecule is N[C@H](C(=O)O)[C@H](F)c1cccc2c1OCCOB2O. The van der Waals surface area contributed by atoms with Gasteiger partial charge in [-0.05, 0) is 0 Å².